The van der Waals surface area contributed by atoms with E-state index < -0.39 is 0 Å². The molecule has 120 valence electrons. The average molecular weight is 314 g/mol. The molecule has 3 rings (SSSR count). The first-order chi connectivity index (χ1) is 11.8. The van der Waals surface area contributed by atoms with Crippen molar-refractivity contribution >= 4 is 6.08 Å². The summed E-state index contributed by atoms with van der Waals surface area (Å²) in [5.41, 5.74) is 3.36. The zero-order chi connectivity index (χ0) is 16.8. The van der Waals surface area contributed by atoms with Crippen LogP contribution in [-0.4, -0.2) is 5.11 Å². The molecule has 0 saturated heterocycles. The first-order valence-corrected chi connectivity index (χ1v) is 8.31. The highest BCUT2D eigenvalue weighted by Gasteiger charge is 2.24. The number of hydrogen-bond donors (Lipinski definition) is 1. The quantitative estimate of drug-likeness (QED) is 0.558. The van der Waals surface area contributed by atoms with Crippen molar-refractivity contribution in [3.63, 3.8) is 0 Å². The highest BCUT2D eigenvalue weighted by atomic mass is 16.3. The molecule has 0 aromatic heterocycles. The third-order valence-electron chi connectivity index (χ3n) is 4.42. The summed E-state index contributed by atoms with van der Waals surface area (Å²) in [6, 6.07) is 30.5. The largest absolute Gasteiger partial charge is 0.512 e. The molecule has 0 aliphatic heterocycles. The smallest absolute Gasteiger partial charge is 0.101 e. The molecular formula is C23H22O. The number of aliphatic hydroxyl groups excluding tert-OH is 1. The lowest BCUT2D eigenvalue weighted by molar-refractivity contribution is 0.356. The predicted octanol–water partition coefficient (Wildman–Crippen LogP) is 6.17. The van der Waals surface area contributed by atoms with Crippen molar-refractivity contribution < 1.29 is 5.11 Å². The van der Waals surface area contributed by atoms with Crippen LogP contribution in [0.3, 0.4) is 0 Å². The van der Waals surface area contributed by atoms with Gasteiger partial charge in [0, 0.05) is 5.92 Å². The standard InChI is InChI=1S/C23H22O/c1-18(20-13-7-3-8-14-20)23(21-15-9-4-10-16-21)22(24)17-19-11-5-2-6-12-19/h2-18,23-24H,1H3/b22-17+. The molecule has 0 radical (unpaired) electrons. The van der Waals surface area contributed by atoms with Gasteiger partial charge in [0.15, 0.2) is 0 Å². The molecule has 0 aliphatic rings. The van der Waals surface area contributed by atoms with Crippen LogP contribution >= 0.6 is 0 Å². The van der Waals surface area contributed by atoms with Crippen LogP contribution in [0.4, 0.5) is 0 Å². The highest BCUT2D eigenvalue weighted by molar-refractivity contribution is 5.54. The van der Waals surface area contributed by atoms with Gasteiger partial charge >= 0.3 is 0 Å². The van der Waals surface area contributed by atoms with E-state index in [9.17, 15) is 5.11 Å². The summed E-state index contributed by atoms with van der Waals surface area (Å²) < 4.78 is 0. The topological polar surface area (TPSA) is 20.2 Å². The van der Waals surface area contributed by atoms with Gasteiger partial charge in [-0.25, -0.2) is 0 Å². The fraction of sp³-hybridized carbons (Fsp3) is 0.130. The zero-order valence-electron chi connectivity index (χ0n) is 13.8. The second-order valence-electron chi connectivity index (χ2n) is 6.07. The lowest BCUT2D eigenvalue weighted by Crippen LogP contribution is -2.11. The van der Waals surface area contributed by atoms with E-state index in [1.165, 1.54) is 5.56 Å². The maximum atomic E-state index is 10.9. The molecule has 0 amide bonds. The van der Waals surface area contributed by atoms with Crippen LogP contribution in [0.2, 0.25) is 0 Å². The fourth-order valence-electron chi connectivity index (χ4n) is 3.13. The predicted molar refractivity (Wildman–Crippen MR) is 101 cm³/mol. The van der Waals surface area contributed by atoms with Crippen molar-refractivity contribution in [3.05, 3.63) is 113 Å². The van der Waals surface area contributed by atoms with Crippen LogP contribution in [-0.2, 0) is 0 Å². The molecule has 0 fully saturated rings. The van der Waals surface area contributed by atoms with Crippen molar-refractivity contribution in [1.29, 1.82) is 0 Å². The molecule has 0 saturated carbocycles. The first kappa shape index (κ1) is 16.1. The van der Waals surface area contributed by atoms with Gasteiger partial charge in [0.2, 0.25) is 0 Å². The molecule has 2 atom stereocenters. The molecule has 0 aliphatic carbocycles. The minimum Gasteiger partial charge on any atom is -0.512 e. The van der Waals surface area contributed by atoms with E-state index in [2.05, 4.69) is 31.2 Å². The Balaban J connectivity index is 2.01. The molecule has 1 nitrogen and oxygen atoms in total. The normalized spacial score (nSPS) is 14.1. The van der Waals surface area contributed by atoms with Crippen LogP contribution < -0.4 is 0 Å². The van der Waals surface area contributed by atoms with E-state index in [0.717, 1.165) is 11.1 Å². The van der Waals surface area contributed by atoms with Crippen molar-refractivity contribution in [2.24, 2.45) is 0 Å². The van der Waals surface area contributed by atoms with Crippen LogP contribution in [0.5, 0.6) is 0 Å². The van der Waals surface area contributed by atoms with Crippen LogP contribution in [0.15, 0.2) is 96.8 Å². The Morgan fingerprint density at radius 2 is 1.17 bits per heavy atom. The second kappa shape index (κ2) is 7.65. The Hall–Kier alpha value is -2.80. The molecule has 0 bridgehead atoms. The maximum Gasteiger partial charge on any atom is 0.101 e. The number of aliphatic hydroxyl groups is 1. The SMILES string of the molecule is CC(c1ccccc1)C(/C(O)=C\c1ccccc1)c1ccccc1. The number of allylic oxidation sites excluding steroid dienone is 1. The minimum atomic E-state index is -0.0752. The van der Waals surface area contributed by atoms with Gasteiger partial charge in [-0.05, 0) is 28.7 Å². The Kier molecular flexibility index (Phi) is 5.12. The van der Waals surface area contributed by atoms with Gasteiger partial charge in [-0.2, -0.15) is 0 Å². The molecule has 1 N–H and O–H groups in total. The summed E-state index contributed by atoms with van der Waals surface area (Å²) >= 11 is 0. The average Bonchev–Trinajstić information content (AvgIpc) is 2.64. The molecular weight excluding hydrogens is 292 g/mol. The Labute approximate surface area is 143 Å². The molecule has 0 spiro atoms. The molecule has 0 heterocycles. The van der Waals surface area contributed by atoms with Gasteiger partial charge < -0.3 is 5.11 Å². The van der Waals surface area contributed by atoms with Gasteiger partial charge in [0.1, 0.15) is 5.76 Å². The molecule has 3 aromatic rings. The summed E-state index contributed by atoms with van der Waals surface area (Å²) in [4.78, 5) is 0. The number of benzene rings is 3. The van der Waals surface area contributed by atoms with E-state index in [4.69, 9.17) is 0 Å². The van der Waals surface area contributed by atoms with E-state index >= 15 is 0 Å². The summed E-state index contributed by atoms with van der Waals surface area (Å²) in [5, 5.41) is 10.9. The van der Waals surface area contributed by atoms with E-state index in [1.807, 2.05) is 72.8 Å². The van der Waals surface area contributed by atoms with Gasteiger partial charge in [-0.15, -0.1) is 0 Å². The maximum absolute atomic E-state index is 10.9. The molecule has 24 heavy (non-hydrogen) atoms. The van der Waals surface area contributed by atoms with Gasteiger partial charge in [0.05, 0.1) is 0 Å². The number of hydrogen-bond acceptors (Lipinski definition) is 1. The van der Waals surface area contributed by atoms with Crippen molar-refractivity contribution in [1.82, 2.24) is 0 Å². The van der Waals surface area contributed by atoms with Crippen LogP contribution in [0.25, 0.3) is 6.08 Å². The van der Waals surface area contributed by atoms with Crippen LogP contribution in [0, 0.1) is 0 Å². The Bertz CT molecular complexity index is 776. The summed E-state index contributed by atoms with van der Waals surface area (Å²) in [6.45, 7) is 2.17. The van der Waals surface area contributed by atoms with Crippen molar-refractivity contribution in [2.45, 2.75) is 18.8 Å². The lowest BCUT2D eigenvalue weighted by atomic mass is 9.81. The summed E-state index contributed by atoms with van der Waals surface area (Å²) in [7, 11) is 0. The van der Waals surface area contributed by atoms with Crippen LogP contribution in [0.1, 0.15) is 35.4 Å². The van der Waals surface area contributed by atoms with E-state index in [1.54, 1.807) is 0 Å². The third kappa shape index (κ3) is 3.75. The van der Waals surface area contributed by atoms with Crippen molar-refractivity contribution in [2.75, 3.05) is 0 Å². The van der Waals surface area contributed by atoms with E-state index in [0.29, 0.717) is 5.76 Å². The van der Waals surface area contributed by atoms with Gasteiger partial charge in [-0.1, -0.05) is 97.9 Å². The van der Waals surface area contributed by atoms with Crippen molar-refractivity contribution in [3.8, 4) is 0 Å². The second-order valence-corrected chi connectivity index (χ2v) is 6.07. The van der Waals surface area contributed by atoms with E-state index in [-0.39, 0.29) is 11.8 Å². The molecule has 1 heteroatoms. The molecule has 3 aromatic carbocycles. The third-order valence-corrected chi connectivity index (χ3v) is 4.42. The first-order valence-electron chi connectivity index (χ1n) is 8.31. The van der Waals surface area contributed by atoms with Gasteiger partial charge in [-0.3, -0.25) is 0 Å². The number of rotatable bonds is 5. The minimum absolute atomic E-state index is 0.0752. The molecule has 2 unspecified atom stereocenters. The lowest BCUT2D eigenvalue weighted by Gasteiger charge is -2.24. The highest BCUT2D eigenvalue weighted by Crippen LogP contribution is 2.37. The Morgan fingerprint density at radius 3 is 1.71 bits per heavy atom. The monoisotopic (exact) mass is 314 g/mol. The summed E-state index contributed by atoms with van der Waals surface area (Å²) in [5.74, 6) is 0.492. The Morgan fingerprint density at radius 1 is 0.708 bits per heavy atom. The summed E-state index contributed by atoms with van der Waals surface area (Å²) in [6.07, 6.45) is 1.87. The van der Waals surface area contributed by atoms with Gasteiger partial charge in [0.25, 0.3) is 0 Å². The zero-order valence-corrected chi connectivity index (χ0v) is 13.8. The fourth-order valence-corrected chi connectivity index (χ4v) is 3.13.